The first-order valence-electron chi connectivity index (χ1n) is 5.35. The van der Waals surface area contributed by atoms with Gasteiger partial charge in [0, 0.05) is 5.41 Å². The Balaban J connectivity index is 2.80. The minimum atomic E-state index is -0.338. The summed E-state index contributed by atoms with van der Waals surface area (Å²) >= 11 is 0. The Kier molecular flexibility index (Phi) is 3.80. The summed E-state index contributed by atoms with van der Waals surface area (Å²) < 4.78 is 1.69. The average molecular weight is 224 g/mol. The molecule has 1 aromatic heterocycles. The van der Waals surface area contributed by atoms with Crippen molar-refractivity contribution in [2.24, 2.45) is 5.41 Å². The topological polar surface area (TPSA) is 51.0 Å². The Bertz CT molecular complexity index is 337. The molecule has 0 bridgehead atoms. The third kappa shape index (κ3) is 3.13. The van der Waals surface area contributed by atoms with Crippen LogP contribution in [-0.4, -0.2) is 45.6 Å². The number of Topliss-reactive ketones (excluding diaryl/α,β-unsaturated/α-hetero) is 1. The summed E-state index contributed by atoms with van der Waals surface area (Å²) in [6.45, 7) is 6.36. The van der Waals surface area contributed by atoms with Gasteiger partial charge in [-0.25, -0.2) is 4.98 Å². The zero-order valence-electron chi connectivity index (χ0n) is 10.6. The van der Waals surface area contributed by atoms with Gasteiger partial charge >= 0.3 is 0 Å². The second-order valence-corrected chi connectivity index (χ2v) is 5.21. The molecule has 0 N–H and O–H groups in total. The molecule has 0 radical (unpaired) electrons. The van der Waals surface area contributed by atoms with Gasteiger partial charge in [-0.2, -0.15) is 5.10 Å². The van der Waals surface area contributed by atoms with Gasteiger partial charge in [0.15, 0.2) is 5.78 Å². The molecular formula is C11H20N4O. The van der Waals surface area contributed by atoms with Crippen LogP contribution in [0.5, 0.6) is 0 Å². The number of aromatic nitrogens is 3. The van der Waals surface area contributed by atoms with Gasteiger partial charge in [0.25, 0.3) is 0 Å². The molecule has 0 aromatic carbocycles. The molecule has 5 nitrogen and oxygen atoms in total. The highest BCUT2D eigenvalue weighted by Crippen LogP contribution is 2.19. The SMILES string of the molecule is CN(C)C(Cn1cncn1)C(=O)C(C)(C)C. The van der Waals surface area contributed by atoms with Crippen molar-refractivity contribution in [1.82, 2.24) is 19.7 Å². The molecular weight excluding hydrogens is 204 g/mol. The molecule has 0 aliphatic heterocycles. The molecule has 0 fully saturated rings. The number of hydrogen-bond acceptors (Lipinski definition) is 4. The second-order valence-electron chi connectivity index (χ2n) is 5.21. The van der Waals surface area contributed by atoms with Gasteiger partial charge in [-0.05, 0) is 14.1 Å². The predicted octanol–water partition coefficient (Wildman–Crippen LogP) is 0.823. The molecule has 1 heterocycles. The Morgan fingerprint density at radius 1 is 1.44 bits per heavy atom. The second kappa shape index (κ2) is 4.74. The third-order valence-electron chi connectivity index (χ3n) is 2.49. The maximum absolute atomic E-state index is 12.2. The van der Waals surface area contributed by atoms with E-state index in [1.165, 1.54) is 6.33 Å². The summed E-state index contributed by atoms with van der Waals surface area (Å²) in [5.74, 6) is 0.216. The van der Waals surface area contributed by atoms with Crippen LogP contribution in [0.25, 0.3) is 0 Å². The predicted molar refractivity (Wildman–Crippen MR) is 62.0 cm³/mol. The summed E-state index contributed by atoms with van der Waals surface area (Å²) in [7, 11) is 3.82. The molecule has 0 saturated carbocycles. The highest BCUT2D eigenvalue weighted by molar-refractivity contribution is 5.88. The lowest BCUT2D eigenvalue weighted by Gasteiger charge is -2.29. The van der Waals surface area contributed by atoms with Crippen LogP contribution in [0.2, 0.25) is 0 Å². The third-order valence-corrected chi connectivity index (χ3v) is 2.49. The maximum atomic E-state index is 12.2. The molecule has 5 heteroatoms. The molecule has 0 aliphatic rings. The molecule has 0 amide bonds. The zero-order valence-corrected chi connectivity index (χ0v) is 10.6. The summed E-state index contributed by atoms with van der Waals surface area (Å²) in [5, 5.41) is 4.03. The first-order valence-corrected chi connectivity index (χ1v) is 5.35. The first-order chi connectivity index (χ1) is 7.32. The van der Waals surface area contributed by atoms with E-state index in [0.717, 1.165) is 0 Å². The fraction of sp³-hybridized carbons (Fsp3) is 0.727. The lowest BCUT2D eigenvalue weighted by Crippen LogP contribution is -2.44. The van der Waals surface area contributed by atoms with E-state index in [4.69, 9.17) is 0 Å². The quantitative estimate of drug-likeness (QED) is 0.760. The molecule has 0 aliphatic carbocycles. The van der Waals surface area contributed by atoms with E-state index in [-0.39, 0.29) is 17.2 Å². The summed E-state index contributed by atoms with van der Waals surface area (Å²) in [6, 6.07) is -0.165. The van der Waals surface area contributed by atoms with Crippen LogP contribution in [0.1, 0.15) is 20.8 Å². The van der Waals surface area contributed by atoms with E-state index in [2.05, 4.69) is 10.1 Å². The van der Waals surface area contributed by atoms with Crippen molar-refractivity contribution >= 4 is 5.78 Å². The molecule has 16 heavy (non-hydrogen) atoms. The van der Waals surface area contributed by atoms with E-state index in [1.807, 2.05) is 39.8 Å². The fourth-order valence-corrected chi connectivity index (χ4v) is 1.48. The van der Waals surface area contributed by atoms with E-state index in [0.29, 0.717) is 6.54 Å². The van der Waals surface area contributed by atoms with Crippen molar-refractivity contribution in [3.63, 3.8) is 0 Å². The molecule has 1 atom stereocenters. The summed E-state index contributed by atoms with van der Waals surface area (Å²) in [6.07, 6.45) is 3.11. The smallest absolute Gasteiger partial charge is 0.157 e. The molecule has 1 unspecified atom stereocenters. The first kappa shape index (κ1) is 12.8. The number of carbonyl (C=O) groups is 1. The molecule has 1 aromatic rings. The minimum absolute atomic E-state index is 0.165. The normalized spacial score (nSPS) is 14.1. The lowest BCUT2D eigenvalue weighted by atomic mass is 9.86. The van der Waals surface area contributed by atoms with Gasteiger partial charge in [-0.3, -0.25) is 14.4 Å². The van der Waals surface area contributed by atoms with Crippen LogP contribution < -0.4 is 0 Å². The Labute approximate surface area is 96.5 Å². The number of carbonyl (C=O) groups excluding carboxylic acids is 1. The summed E-state index contributed by atoms with van der Waals surface area (Å²) in [5.41, 5.74) is -0.338. The van der Waals surface area contributed by atoms with Crippen LogP contribution >= 0.6 is 0 Å². The number of hydrogen-bond donors (Lipinski definition) is 0. The van der Waals surface area contributed by atoms with Crippen molar-refractivity contribution in [2.75, 3.05) is 14.1 Å². The van der Waals surface area contributed by atoms with Gasteiger partial charge in [0.1, 0.15) is 12.7 Å². The van der Waals surface area contributed by atoms with Gasteiger partial charge in [0.05, 0.1) is 12.6 Å². The van der Waals surface area contributed by atoms with Gasteiger partial charge < -0.3 is 0 Å². The van der Waals surface area contributed by atoms with Gasteiger partial charge in [-0.15, -0.1) is 0 Å². The van der Waals surface area contributed by atoms with Crippen molar-refractivity contribution in [2.45, 2.75) is 33.4 Å². The standard InChI is InChI=1S/C11H20N4O/c1-11(2,3)10(16)9(14(4)5)6-15-8-12-7-13-15/h7-9H,6H2,1-5H3. The number of rotatable bonds is 4. The van der Waals surface area contributed by atoms with Crippen molar-refractivity contribution in [3.8, 4) is 0 Å². The molecule has 1 rings (SSSR count). The van der Waals surface area contributed by atoms with E-state index >= 15 is 0 Å². The lowest BCUT2D eigenvalue weighted by molar-refractivity contribution is -0.131. The van der Waals surface area contributed by atoms with Gasteiger partial charge in [-0.1, -0.05) is 20.8 Å². The van der Waals surface area contributed by atoms with E-state index in [9.17, 15) is 4.79 Å². The zero-order chi connectivity index (χ0) is 12.3. The van der Waals surface area contributed by atoms with Crippen LogP contribution in [0.4, 0.5) is 0 Å². The van der Waals surface area contributed by atoms with Crippen molar-refractivity contribution < 1.29 is 4.79 Å². The monoisotopic (exact) mass is 224 g/mol. The number of likely N-dealkylation sites (N-methyl/N-ethyl adjacent to an activating group) is 1. The highest BCUT2D eigenvalue weighted by Gasteiger charge is 2.31. The molecule has 0 saturated heterocycles. The Morgan fingerprint density at radius 3 is 2.44 bits per heavy atom. The molecule has 0 spiro atoms. The fourth-order valence-electron chi connectivity index (χ4n) is 1.48. The number of ketones is 1. The Morgan fingerprint density at radius 2 is 2.06 bits per heavy atom. The van der Waals surface area contributed by atoms with Crippen LogP contribution in [0.3, 0.4) is 0 Å². The molecule has 90 valence electrons. The van der Waals surface area contributed by atoms with Crippen molar-refractivity contribution in [3.05, 3.63) is 12.7 Å². The Hall–Kier alpha value is -1.23. The summed E-state index contributed by atoms with van der Waals surface area (Å²) in [4.78, 5) is 18.0. The van der Waals surface area contributed by atoms with Crippen LogP contribution in [-0.2, 0) is 11.3 Å². The van der Waals surface area contributed by atoms with E-state index in [1.54, 1.807) is 11.0 Å². The minimum Gasteiger partial charge on any atom is -0.298 e. The average Bonchev–Trinajstić information content (AvgIpc) is 2.63. The largest absolute Gasteiger partial charge is 0.298 e. The highest BCUT2D eigenvalue weighted by atomic mass is 16.1. The van der Waals surface area contributed by atoms with E-state index < -0.39 is 0 Å². The van der Waals surface area contributed by atoms with Crippen LogP contribution in [0, 0.1) is 5.41 Å². The van der Waals surface area contributed by atoms with Crippen molar-refractivity contribution in [1.29, 1.82) is 0 Å². The number of nitrogens with zero attached hydrogens (tertiary/aromatic N) is 4. The maximum Gasteiger partial charge on any atom is 0.157 e. The van der Waals surface area contributed by atoms with Gasteiger partial charge in [0.2, 0.25) is 0 Å². The van der Waals surface area contributed by atoms with Crippen LogP contribution in [0.15, 0.2) is 12.7 Å².